The normalized spacial score (nSPS) is 10.5. The molecule has 0 N–H and O–H groups in total. The lowest BCUT2D eigenvalue weighted by Gasteiger charge is -2.09. The second-order valence-corrected chi connectivity index (χ2v) is 4.44. The fourth-order valence-electron chi connectivity index (χ4n) is 2.14. The van der Waals surface area contributed by atoms with Crippen molar-refractivity contribution in [3.63, 3.8) is 0 Å². The number of aromatic nitrogens is 3. The van der Waals surface area contributed by atoms with Crippen LogP contribution < -0.4 is 4.74 Å². The SMILES string of the molecule is COc1ccc([N+](=O)[O-])cc1-n1nnc(C=O)c1-c1ccco1. The predicted octanol–water partition coefficient (Wildman–Crippen LogP) is 2.26. The second-order valence-electron chi connectivity index (χ2n) is 4.44. The van der Waals surface area contributed by atoms with Crippen molar-refractivity contribution in [3.05, 3.63) is 52.4 Å². The second kappa shape index (κ2) is 5.72. The Morgan fingerprint density at radius 1 is 1.39 bits per heavy atom. The number of ether oxygens (including phenoxy) is 1. The van der Waals surface area contributed by atoms with Gasteiger partial charge in [-0.3, -0.25) is 14.9 Å². The van der Waals surface area contributed by atoms with Crippen LogP contribution in [-0.4, -0.2) is 33.3 Å². The van der Waals surface area contributed by atoms with Crippen LogP contribution in [0.3, 0.4) is 0 Å². The van der Waals surface area contributed by atoms with E-state index in [2.05, 4.69) is 10.3 Å². The Bertz CT molecular complexity index is 869. The smallest absolute Gasteiger partial charge is 0.271 e. The average molecular weight is 314 g/mol. The number of rotatable bonds is 5. The lowest BCUT2D eigenvalue weighted by Crippen LogP contribution is -2.03. The predicted molar refractivity (Wildman–Crippen MR) is 77.7 cm³/mol. The first kappa shape index (κ1) is 14.4. The third-order valence-electron chi connectivity index (χ3n) is 3.16. The average Bonchev–Trinajstić information content (AvgIpc) is 3.22. The van der Waals surface area contributed by atoms with E-state index in [1.807, 2.05) is 0 Å². The summed E-state index contributed by atoms with van der Waals surface area (Å²) in [5, 5.41) is 18.7. The summed E-state index contributed by atoms with van der Waals surface area (Å²) in [4.78, 5) is 21.7. The van der Waals surface area contributed by atoms with E-state index >= 15 is 0 Å². The zero-order valence-corrected chi connectivity index (χ0v) is 11.9. The van der Waals surface area contributed by atoms with Crippen molar-refractivity contribution < 1.29 is 18.9 Å². The van der Waals surface area contributed by atoms with Gasteiger partial charge in [-0.2, -0.15) is 0 Å². The third-order valence-corrected chi connectivity index (χ3v) is 3.16. The summed E-state index contributed by atoms with van der Waals surface area (Å²) in [6, 6.07) is 7.32. The molecule has 0 aliphatic carbocycles. The molecule has 23 heavy (non-hydrogen) atoms. The van der Waals surface area contributed by atoms with Gasteiger partial charge in [0.25, 0.3) is 5.69 Å². The van der Waals surface area contributed by atoms with Crippen molar-refractivity contribution in [1.29, 1.82) is 0 Å². The number of nitro benzene ring substituents is 1. The van der Waals surface area contributed by atoms with E-state index < -0.39 is 4.92 Å². The van der Waals surface area contributed by atoms with Crippen LogP contribution in [-0.2, 0) is 0 Å². The van der Waals surface area contributed by atoms with Crippen molar-refractivity contribution in [3.8, 4) is 22.9 Å². The molecule has 0 bridgehead atoms. The molecule has 0 unspecified atom stereocenters. The molecular weight excluding hydrogens is 304 g/mol. The van der Waals surface area contributed by atoms with Gasteiger partial charge in [-0.05, 0) is 18.2 Å². The highest BCUT2D eigenvalue weighted by molar-refractivity contribution is 5.82. The number of hydrogen-bond acceptors (Lipinski definition) is 7. The highest BCUT2D eigenvalue weighted by Crippen LogP contribution is 2.32. The van der Waals surface area contributed by atoms with E-state index in [1.165, 1.54) is 36.3 Å². The summed E-state index contributed by atoms with van der Waals surface area (Å²) in [7, 11) is 1.43. The summed E-state index contributed by atoms with van der Waals surface area (Å²) in [6.07, 6.45) is 1.97. The van der Waals surface area contributed by atoms with Crippen LogP contribution in [0, 0.1) is 10.1 Å². The van der Waals surface area contributed by atoms with E-state index in [0.717, 1.165) is 0 Å². The van der Waals surface area contributed by atoms with Gasteiger partial charge in [0.05, 0.1) is 18.3 Å². The Labute approximate surface area is 129 Å². The van der Waals surface area contributed by atoms with Crippen LogP contribution in [0.4, 0.5) is 5.69 Å². The minimum atomic E-state index is -0.535. The van der Waals surface area contributed by atoms with Crippen molar-refractivity contribution in [2.24, 2.45) is 0 Å². The summed E-state index contributed by atoms with van der Waals surface area (Å²) < 4.78 is 11.8. The molecule has 0 saturated carbocycles. The molecule has 0 saturated heterocycles. The van der Waals surface area contributed by atoms with Crippen molar-refractivity contribution in [2.75, 3.05) is 7.11 Å². The molecule has 3 rings (SSSR count). The molecule has 2 aromatic heterocycles. The maximum absolute atomic E-state index is 11.2. The van der Waals surface area contributed by atoms with E-state index in [4.69, 9.17) is 9.15 Å². The van der Waals surface area contributed by atoms with E-state index in [0.29, 0.717) is 17.8 Å². The topological polar surface area (TPSA) is 113 Å². The lowest BCUT2D eigenvalue weighted by molar-refractivity contribution is -0.384. The largest absolute Gasteiger partial charge is 0.494 e. The van der Waals surface area contributed by atoms with Gasteiger partial charge in [-0.1, -0.05) is 5.21 Å². The van der Waals surface area contributed by atoms with E-state index in [1.54, 1.807) is 12.1 Å². The van der Waals surface area contributed by atoms with Crippen molar-refractivity contribution in [2.45, 2.75) is 0 Å². The molecule has 1 aromatic carbocycles. The van der Waals surface area contributed by atoms with Gasteiger partial charge in [0.1, 0.15) is 17.1 Å². The number of furan rings is 1. The lowest BCUT2D eigenvalue weighted by atomic mass is 10.2. The van der Waals surface area contributed by atoms with Crippen molar-refractivity contribution >= 4 is 12.0 Å². The minimum absolute atomic E-state index is 0.0495. The van der Waals surface area contributed by atoms with Crippen LogP contribution in [0.15, 0.2) is 41.0 Å². The minimum Gasteiger partial charge on any atom is -0.494 e. The van der Waals surface area contributed by atoms with Crippen molar-refractivity contribution in [1.82, 2.24) is 15.0 Å². The fourth-order valence-corrected chi connectivity index (χ4v) is 2.14. The molecule has 0 aliphatic heterocycles. The number of methoxy groups -OCH3 is 1. The van der Waals surface area contributed by atoms with Gasteiger partial charge in [-0.15, -0.1) is 5.10 Å². The number of nitro groups is 1. The fraction of sp³-hybridized carbons (Fsp3) is 0.0714. The quantitative estimate of drug-likeness (QED) is 0.403. The molecule has 0 spiro atoms. The van der Waals surface area contributed by atoms with Gasteiger partial charge in [0.2, 0.25) is 0 Å². The first-order valence-electron chi connectivity index (χ1n) is 6.43. The first-order valence-corrected chi connectivity index (χ1v) is 6.43. The molecule has 0 aliphatic rings. The maximum atomic E-state index is 11.2. The Balaban J connectivity index is 2.27. The van der Waals surface area contributed by atoms with Gasteiger partial charge in [0, 0.05) is 12.1 Å². The molecule has 2 heterocycles. The Hall–Kier alpha value is -3.49. The monoisotopic (exact) mass is 314 g/mol. The molecule has 0 fully saturated rings. The van der Waals surface area contributed by atoms with Crippen LogP contribution >= 0.6 is 0 Å². The Kier molecular flexibility index (Phi) is 3.59. The Morgan fingerprint density at radius 2 is 2.22 bits per heavy atom. The molecule has 0 atom stereocenters. The van der Waals surface area contributed by atoms with Gasteiger partial charge < -0.3 is 9.15 Å². The van der Waals surface area contributed by atoms with E-state index in [9.17, 15) is 14.9 Å². The third kappa shape index (κ3) is 2.44. The van der Waals surface area contributed by atoms with Crippen LogP contribution in [0.1, 0.15) is 10.5 Å². The molecule has 0 amide bonds. The van der Waals surface area contributed by atoms with Gasteiger partial charge >= 0.3 is 0 Å². The van der Waals surface area contributed by atoms with Gasteiger partial charge in [-0.25, -0.2) is 4.68 Å². The number of non-ortho nitro benzene ring substituents is 1. The number of hydrogen-bond donors (Lipinski definition) is 0. The summed E-state index contributed by atoms with van der Waals surface area (Å²) in [5.41, 5.74) is 0.459. The molecule has 116 valence electrons. The zero-order valence-electron chi connectivity index (χ0n) is 11.9. The maximum Gasteiger partial charge on any atom is 0.271 e. The summed E-state index contributed by atoms with van der Waals surface area (Å²) >= 11 is 0. The number of aldehydes is 1. The summed E-state index contributed by atoms with van der Waals surface area (Å²) in [6.45, 7) is 0. The highest BCUT2D eigenvalue weighted by Gasteiger charge is 2.22. The van der Waals surface area contributed by atoms with E-state index in [-0.39, 0.29) is 22.8 Å². The molecular formula is C14H10N4O5. The zero-order chi connectivity index (χ0) is 16.4. The van der Waals surface area contributed by atoms with Crippen LogP contribution in [0.5, 0.6) is 5.75 Å². The molecule has 0 radical (unpaired) electrons. The molecule has 3 aromatic rings. The Morgan fingerprint density at radius 3 is 2.83 bits per heavy atom. The van der Waals surface area contributed by atoms with Gasteiger partial charge in [0.15, 0.2) is 17.7 Å². The first-order chi connectivity index (χ1) is 11.2. The molecule has 9 nitrogen and oxygen atoms in total. The molecule has 9 heteroatoms. The highest BCUT2D eigenvalue weighted by atomic mass is 16.6. The number of carbonyl (C=O) groups is 1. The van der Waals surface area contributed by atoms with Crippen LogP contribution in [0.25, 0.3) is 17.1 Å². The number of carbonyl (C=O) groups excluding carboxylic acids is 1. The number of nitrogens with zero attached hydrogens (tertiary/aromatic N) is 4. The standard InChI is InChI=1S/C14H10N4O5/c1-22-12-5-4-9(18(20)21)7-11(12)17-14(10(8-19)15-16-17)13-3-2-6-23-13/h2-8H,1H3. The summed E-state index contributed by atoms with van der Waals surface area (Å²) in [5.74, 6) is 0.691. The number of benzene rings is 1. The van der Waals surface area contributed by atoms with Crippen LogP contribution in [0.2, 0.25) is 0 Å².